The molecule has 43 heavy (non-hydrogen) atoms. The van der Waals surface area contributed by atoms with Crippen LogP contribution in [0.15, 0.2) is 47.5 Å². The van der Waals surface area contributed by atoms with E-state index in [1.54, 1.807) is 31.4 Å². The summed E-state index contributed by atoms with van der Waals surface area (Å²) in [5.41, 5.74) is 3.48. The van der Waals surface area contributed by atoms with Crippen LogP contribution in [-0.2, 0) is 17.8 Å². The van der Waals surface area contributed by atoms with E-state index < -0.39 is 5.60 Å². The van der Waals surface area contributed by atoms with E-state index >= 15 is 0 Å². The number of amides is 2. The van der Waals surface area contributed by atoms with Gasteiger partial charge in [0.25, 0.3) is 5.91 Å². The fourth-order valence-corrected chi connectivity index (χ4v) is 6.95. The van der Waals surface area contributed by atoms with E-state index in [0.29, 0.717) is 23.7 Å². The third kappa shape index (κ3) is 7.47. The van der Waals surface area contributed by atoms with Crippen LogP contribution in [0.3, 0.4) is 0 Å². The number of rotatable bonds is 8. The van der Waals surface area contributed by atoms with E-state index in [1.807, 2.05) is 27.7 Å². The Labute approximate surface area is 256 Å². The number of hydrogen-bond donors (Lipinski definition) is 2. The van der Waals surface area contributed by atoms with Gasteiger partial charge in [0.1, 0.15) is 11.6 Å². The smallest absolute Gasteiger partial charge is 0.278 e. The van der Waals surface area contributed by atoms with E-state index in [-0.39, 0.29) is 29.8 Å². The van der Waals surface area contributed by atoms with Crippen LogP contribution in [0.4, 0.5) is 5.69 Å². The molecule has 3 aliphatic rings. The number of carbonyl (C=O) groups is 2. The van der Waals surface area contributed by atoms with Gasteiger partial charge < -0.3 is 20.1 Å². The number of aliphatic imine (C=N–C) groups is 1. The maximum atomic E-state index is 13.3. The van der Waals surface area contributed by atoms with Crippen molar-refractivity contribution < 1.29 is 19.4 Å². The lowest BCUT2D eigenvalue weighted by Crippen LogP contribution is -2.44. The van der Waals surface area contributed by atoms with Crippen LogP contribution >= 0.6 is 0 Å². The average molecular weight is 589 g/mol. The molecular weight excluding hydrogens is 540 g/mol. The summed E-state index contributed by atoms with van der Waals surface area (Å²) in [6.07, 6.45) is 6.01. The number of anilines is 1. The molecule has 2 amide bonds. The first-order valence-corrected chi connectivity index (χ1v) is 15.9. The summed E-state index contributed by atoms with van der Waals surface area (Å²) in [7, 11) is 1.61. The molecule has 5 rings (SSSR count). The standard InChI is InChI=1S/C35H48N4O4/c1-23(2)36-33(40)25-8-12-29(13-9-25)39-31-20-24(22-38-18-16-28(17-19-38)35(3,4)42)6-7-27(31)21-32(39)37-34(41)26-10-14-30(43-5)15-11-26/h6-7,10-11,14-15,20,23,25,28-29,42H,8-9,12-13,16-19,21-22H2,1-5H3,(H,36,40). The van der Waals surface area contributed by atoms with Crippen molar-refractivity contribution in [2.45, 2.75) is 96.9 Å². The van der Waals surface area contributed by atoms with E-state index in [9.17, 15) is 14.7 Å². The highest BCUT2D eigenvalue weighted by Gasteiger charge is 2.37. The molecule has 0 spiro atoms. The third-order valence-electron chi connectivity index (χ3n) is 9.46. The minimum atomic E-state index is -0.631. The number of nitrogens with one attached hydrogen (secondary N) is 1. The van der Waals surface area contributed by atoms with Crippen molar-refractivity contribution in [1.29, 1.82) is 0 Å². The van der Waals surface area contributed by atoms with Gasteiger partial charge in [-0.1, -0.05) is 12.1 Å². The molecule has 0 radical (unpaired) electrons. The van der Waals surface area contributed by atoms with Gasteiger partial charge in [-0.2, -0.15) is 4.99 Å². The second-order valence-electron chi connectivity index (χ2n) is 13.4. The van der Waals surface area contributed by atoms with Crippen molar-refractivity contribution in [3.05, 3.63) is 59.2 Å². The van der Waals surface area contributed by atoms with Gasteiger partial charge in [0.05, 0.1) is 12.7 Å². The maximum absolute atomic E-state index is 13.3. The monoisotopic (exact) mass is 588 g/mol. The van der Waals surface area contributed by atoms with Crippen LogP contribution < -0.4 is 15.0 Å². The van der Waals surface area contributed by atoms with E-state index in [0.717, 1.165) is 69.7 Å². The van der Waals surface area contributed by atoms with Gasteiger partial charge >= 0.3 is 0 Å². The van der Waals surface area contributed by atoms with Crippen LogP contribution in [0.2, 0.25) is 0 Å². The van der Waals surface area contributed by atoms with Gasteiger partial charge in [0.2, 0.25) is 5.91 Å². The number of aliphatic hydroxyl groups is 1. The Kier molecular flexibility index (Phi) is 9.57. The van der Waals surface area contributed by atoms with Crippen LogP contribution in [0.5, 0.6) is 5.75 Å². The largest absolute Gasteiger partial charge is 0.497 e. The molecule has 2 fully saturated rings. The predicted octanol–water partition coefficient (Wildman–Crippen LogP) is 5.36. The van der Waals surface area contributed by atoms with E-state index in [4.69, 9.17) is 9.73 Å². The Morgan fingerprint density at radius 2 is 1.70 bits per heavy atom. The van der Waals surface area contributed by atoms with Crippen molar-refractivity contribution in [2.24, 2.45) is 16.8 Å². The molecule has 1 saturated heterocycles. The average Bonchev–Trinajstić information content (AvgIpc) is 3.33. The summed E-state index contributed by atoms with van der Waals surface area (Å²) in [5.74, 6) is 1.74. The summed E-state index contributed by atoms with van der Waals surface area (Å²) in [6.45, 7) is 10.7. The van der Waals surface area contributed by atoms with Crippen LogP contribution in [0.1, 0.15) is 87.7 Å². The molecule has 0 unspecified atom stereocenters. The van der Waals surface area contributed by atoms with E-state index in [1.165, 1.54) is 11.1 Å². The van der Waals surface area contributed by atoms with Crippen molar-refractivity contribution in [1.82, 2.24) is 10.2 Å². The summed E-state index contributed by atoms with van der Waals surface area (Å²) < 4.78 is 5.25. The highest BCUT2D eigenvalue weighted by atomic mass is 16.5. The molecular formula is C35H48N4O4. The normalized spacial score (nSPS) is 22.6. The Balaban J connectivity index is 1.36. The first-order valence-electron chi connectivity index (χ1n) is 15.9. The minimum Gasteiger partial charge on any atom is -0.497 e. The lowest BCUT2D eigenvalue weighted by Gasteiger charge is -2.38. The number of amidine groups is 1. The number of piperidine rings is 1. The Morgan fingerprint density at radius 1 is 1.02 bits per heavy atom. The van der Waals surface area contributed by atoms with Gasteiger partial charge in [-0.25, -0.2) is 0 Å². The highest BCUT2D eigenvalue weighted by molar-refractivity contribution is 6.12. The first-order chi connectivity index (χ1) is 20.5. The zero-order chi connectivity index (χ0) is 30.7. The molecule has 2 heterocycles. The number of likely N-dealkylation sites (tertiary alicyclic amines) is 1. The predicted molar refractivity (Wildman–Crippen MR) is 171 cm³/mol. The van der Waals surface area contributed by atoms with Crippen LogP contribution in [0, 0.1) is 11.8 Å². The number of fused-ring (bicyclic) bond motifs is 1. The SMILES string of the molecule is COc1ccc(C(=O)N=C2Cc3ccc(CN4CCC(C(C)(C)O)CC4)cc3N2C2CCC(C(=O)NC(C)C)CC2)cc1. The molecule has 232 valence electrons. The lowest BCUT2D eigenvalue weighted by atomic mass is 9.83. The van der Waals surface area contributed by atoms with Gasteiger partial charge in [-0.3, -0.25) is 14.5 Å². The minimum absolute atomic E-state index is 0.0280. The van der Waals surface area contributed by atoms with Crippen molar-refractivity contribution >= 4 is 23.3 Å². The zero-order valence-corrected chi connectivity index (χ0v) is 26.4. The van der Waals surface area contributed by atoms with Crippen LogP contribution in [-0.4, -0.2) is 65.5 Å². The summed E-state index contributed by atoms with van der Waals surface area (Å²) in [6, 6.07) is 14.1. The summed E-state index contributed by atoms with van der Waals surface area (Å²) in [5, 5.41) is 13.5. The first kappa shape index (κ1) is 31.2. The molecule has 0 bridgehead atoms. The Hall–Kier alpha value is -3.23. The van der Waals surface area contributed by atoms with Crippen LogP contribution in [0.25, 0.3) is 0 Å². The Morgan fingerprint density at radius 3 is 2.30 bits per heavy atom. The highest BCUT2D eigenvalue weighted by Crippen LogP contribution is 2.38. The molecule has 2 aromatic carbocycles. The molecule has 1 aliphatic carbocycles. The number of hydrogen-bond acceptors (Lipinski definition) is 5. The Bertz CT molecular complexity index is 1310. The second-order valence-corrected chi connectivity index (χ2v) is 13.4. The number of nitrogens with zero attached hydrogens (tertiary/aromatic N) is 3. The number of ether oxygens (including phenoxy) is 1. The number of benzene rings is 2. The quantitative estimate of drug-likeness (QED) is 0.431. The van der Waals surface area contributed by atoms with Gasteiger partial charge in [0.15, 0.2) is 0 Å². The summed E-state index contributed by atoms with van der Waals surface area (Å²) >= 11 is 0. The van der Waals surface area contributed by atoms with Gasteiger partial charge in [-0.15, -0.1) is 0 Å². The molecule has 1 saturated carbocycles. The maximum Gasteiger partial charge on any atom is 0.278 e. The molecule has 8 nitrogen and oxygen atoms in total. The number of methoxy groups -OCH3 is 1. The number of carbonyl (C=O) groups excluding carboxylic acids is 2. The van der Waals surface area contributed by atoms with Gasteiger partial charge in [-0.05, 0) is 127 Å². The lowest BCUT2D eigenvalue weighted by molar-refractivity contribution is -0.126. The zero-order valence-electron chi connectivity index (χ0n) is 26.4. The summed E-state index contributed by atoms with van der Waals surface area (Å²) in [4.78, 5) is 35.5. The topological polar surface area (TPSA) is 94.5 Å². The van der Waals surface area contributed by atoms with Crippen molar-refractivity contribution in [3.8, 4) is 5.75 Å². The van der Waals surface area contributed by atoms with Crippen molar-refractivity contribution in [2.75, 3.05) is 25.1 Å². The molecule has 2 aromatic rings. The van der Waals surface area contributed by atoms with Gasteiger partial charge in [0, 0.05) is 42.2 Å². The molecule has 8 heteroatoms. The van der Waals surface area contributed by atoms with Crippen molar-refractivity contribution in [3.63, 3.8) is 0 Å². The fraction of sp³-hybridized carbons (Fsp3) is 0.571. The fourth-order valence-electron chi connectivity index (χ4n) is 6.95. The van der Waals surface area contributed by atoms with E-state index in [2.05, 4.69) is 33.3 Å². The molecule has 2 aliphatic heterocycles. The molecule has 0 aromatic heterocycles. The molecule has 0 atom stereocenters. The molecule has 2 N–H and O–H groups in total. The third-order valence-corrected chi connectivity index (χ3v) is 9.46. The second kappa shape index (κ2) is 13.2.